The standard InChI is InChI=1S/C21H26N2O2/c1-3-22-21(25)15-23-20(24)14-16(2)13-17-9-11-19(12-10-17)18-7-5-4-6-8-18/h4-12,16H,3,13-15H2,1-2H3,(H,22,25)(H,23,24). The van der Waals surface area contributed by atoms with E-state index in [0.29, 0.717) is 13.0 Å². The molecule has 1 unspecified atom stereocenters. The fourth-order valence-corrected chi connectivity index (χ4v) is 2.77. The Balaban J connectivity index is 1.81. The second-order valence-corrected chi connectivity index (χ2v) is 6.31. The van der Waals surface area contributed by atoms with Crippen molar-refractivity contribution in [3.8, 4) is 11.1 Å². The van der Waals surface area contributed by atoms with Crippen LogP contribution in [0.3, 0.4) is 0 Å². The van der Waals surface area contributed by atoms with Crippen molar-refractivity contribution in [2.75, 3.05) is 13.1 Å². The van der Waals surface area contributed by atoms with Crippen LogP contribution in [0.25, 0.3) is 11.1 Å². The van der Waals surface area contributed by atoms with Crippen molar-refractivity contribution in [2.45, 2.75) is 26.7 Å². The van der Waals surface area contributed by atoms with Crippen LogP contribution >= 0.6 is 0 Å². The number of likely N-dealkylation sites (N-methyl/N-ethyl adjacent to an activating group) is 1. The fourth-order valence-electron chi connectivity index (χ4n) is 2.77. The smallest absolute Gasteiger partial charge is 0.239 e. The van der Waals surface area contributed by atoms with Gasteiger partial charge in [0.1, 0.15) is 0 Å². The third-order valence-electron chi connectivity index (χ3n) is 4.00. The van der Waals surface area contributed by atoms with Crippen LogP contribution in [0, 0.1) is 5.92 Å². The maximum Gasteiger partial charge on any atom is 0.239 e. The van der Waals surface area contributed by atoms with Gasteiger partial charge in [0, 0.05) is 13.0 Å². The second kappa shape index (κ2) is 9.62. The summed E-state index contributed by atoms with van der Waals surface area (Å²) in [7, 11) is 0. The van der Waals surface area contributed by atoms with Gasteiger partial charge in [0.15, 0.2) is 0 Å². The molecule has 0 aliphatic heterocycles. The quantitative estimate of drug-likeness (QED) is 0.777. The van der Waals surface area contributed by atoms with Gasteiger partial charge < -0.3 is 10.6 Å². The van der Waals surface area contributed by atoms with E-state index in [9.17, 15) is 9.59 Å². The minimum absolute atomic E-state index is 0.0468. The summed E-state index contributed by atoms with van der Waals surface area (Å²) in [5.74, 6) is -0.0172. The molecule has 2 aromatic rings. The molecule has 0 aliphatic rings. The Labute approximate surface area is 149 Å². The van der Waals surface area contributed by atoms with Crippen molar-refractivity contribution in [1.82, 2.24) is 10.6 Å². The third-order valence-corrected chi connectivity index (χ3v) is 4.00. The predicted octanol–water partition coefficient (Wildman–Crippen LogP) is 3.17. The SMILES string of the molecule is CCNC(=O)CNC(=O)CC(C)Cc1ccc(-c2ccccc2)cc1. The van der Waals surface area contributed by atoms with E-state index in [2.05, 4.69) is 54.0 Å². The summed E-state index contributed by atoms with van der Waals surface area (Å²) < 4.78 is 0. The van der Waals surface area contributed by atoms with E-state index < -0.39 is 0 Å². The first-order valence-electron chi connectivity index (χ1n) is 8.76. The van der Waals surface area contributed by atoms with E-state index >= 15 is 0 Å². The average Bonchev–Trinajstić information content (AvgIpc) is 2.61. The lowest BCUT2D eigenvalue weighted by Gasteiger charge is -2.12. The van der Waals surface area contributed by atoms with Crippen molar-refractivity contribution < 1.29 is 9.59 Å². The predicted molar refractivity (Wildman–Crippen MR) is 101 cm³/mol. The lowest BCUT2D eigenvalue weighted by atomic mass is 9.96. The van der Waals surface area contributed by atoms with E-state index in [1.54, 1.807) is 0 Å². The molecule has 0 saturated carbocycles. The lowest BCUT2D eigenvalue weighted by molar-refractivity contribution is -0.126. The van der Waals surface area contributed by atoms with Gasteiger partial charge >= 0.3 is 0 Å². The summed E-state index contributed by atoms with van der Waals surface area (Å²) in [6, 6.07) is 18.7. The normalized spacial score (nSPS) is 11.6. The minimum atomic E-state index is -0.153. The van der Waals surface area contributed by atoms with Gasteiger partial charge in [0.2, 0.25) is 11.8 Å². The highest BCUT2D eigenvalue weighted by Crippen LogP contribution is 2.20. The average molecular weight is 338 g/mol. The van der Waals surface area contributed by atoms with E-state index in [1.807, 2.05) is 25.1 Å². The topological polar surface area (TPSA) is 58.2 Å². The molecule has 0 saturated heterocycles. The molecule has 2 rings (SSSR count). The zero-order valence-electron chi connectivity index (χ0n) is 14.9. The van der Waals surface area contributed by atoms with Crippen LogP contribution in [-0.4, -0.2) is 24.9 Å². The largest absolute Gasteiger partial charge is 0.355 e. The van der Waals surface area contributed by atoms with Gasteiger partial charge in [-0.15, -0.1) is 0 Å². The molecule has 132 valence electrons. The molecular formula is C21H26N2O2. The van der Waals surface area contributed by atoms with Crippen molar-refractivity contribution >= 4 is 11.8 Å². The van der Waals surface area contributed by atoms with Crippen LogP contribution in [0.5, 0.6) is 0 Å². The van der Waals surface area contributed by atoms with E-state index in [-0.39, 0.29) is 24.3 Å². The molecule has 2 aromatic carbocycles. The van der Waals surface area contributed by atoms with Crippen LogP contribution in [0.15, 0.2) is 54.6 Å². The van der Waals surface area contributed by atoms with Crippen molar-refractivity contribution in [3.63, 3.8) is 0 Å². The molecular weight excluding hydrogens is 312 g/mol. The van der Waals surface area contributed by atoms with Crippen molar-refractivity contribution in [3.05, 3.63) is 60.2 Å². The molecule has 4 heteroatoms. The molecule has 1 atom stereocenters. The maximum atomic E-state index is 11.9. The molecule has 0 radical (unpaired) electrons. The number of carbonyl (C=O) groups is 2. The lowest BCUT2D eigenvalue weighted by Crippen LogP contribution is -2.37. The number of nitrogens with one attached hydrogen (secondary N) is 2. The van der Waals surface area contributed by atoms with E-state index in [0.717, 1.165) is 6.42 Å². The summed E-state index contributed by atoms with van der Waals surface area (Å²) in [4.78, 5) is 23.2. The van der Waals surface area contributed by atoms with Crippen LogP contribution < -0.4 is 10.6 Å². The molecule has 0 aromatic heterocycles. The van der Waals surface area contributed by atoms with Crippen LogP contribution in [-0.2, 0) is 16.0 Å². The second-order valence-electron chi connectivity index (χ2n) is 6.31. The summed E-state index contributed by atoms with van der Waals surface area (Å²) >= 11 is 0. The first-order valence-corrected chi connectivity index (χ1v) is 8.76. The summed E-state index contributed by atoms with van der Waals surface area (Å²) in [6.07, 6.45) is 1.25. The zero-order valence-corrected chi connectivity index (χ0v) is 14.9. The molecule has 0 bridgehead atoms. The molecule has 2 N–H and O–H groups in total. The highest BCUT2D eigenvalue weighted by atomic mass is 16.2. The van der Waals surface area contributed by atoms with Crippen LogP contribution in [0.1, 0.15) is 25.8 Å². The highest BCUT2D eigenvalue weighted by molar-refractivity contribution is 5.84. The highest BCUT2D eigenvalue weighted by Gasteiger charge is 2.11. The van der Waals surface area contributed by atoms with Crippen molar-refractivity contribution in [1.29, 1.82) is 0 Å². The molecule has 0 fully saturated rings. The number of benzene rings is 2. The number of hydrogen-bond acceptors (Lipinski definition) is 2. The number of carbonyl (C=O) groups excluding carboxylic acids is 2. The van der Waals surface area contributed by atoms with Crippen molar-refractivity contribution in [2.24, 2.45) is 5.92 Å². The summed E-state index contributed by atoms with van der Waals surface area (Å²) in [6.45, 7) is 4.52. The molecule has 4 nitrogen and oxygen atoms in total. The monoisotopic (exact) mass is 338 g/mol. The summed E-state index contributed by atoms with van der Waals surface area (Å²) in [5, 5.41) is 5.32. The fraction of sp³-hybridized carbons (Fsp3) is 0.333. The Morgan fingerprint density at radius 1 is 0.880 bits per heavy atom. The zero-order chi connectivity index (χ0) is 18.1. The van der Waals surface area contributed by atoms with E-state index in [4.69, 9.17) is 0 Å². The minimum Gasteiger partial charge on any atom is -0.355 e. The first-order chi connectivity index (χ1) is 12.1. The maximum absolute atomic E-state index is 11.9. The summed E-state index contributed by atoms with van der Waals surface area (Å²) in [5.41, 5.74) is 3.60. The van der Waals surface area contributed by atoms with Gasteiger partial charge in [-0.25, -0.2) is 0 Å². The van der Waals surface area contributed by atoms with Gasteiger partial charge in [-0.1, -0.05) is 61.5 Å². The molecule has 0 aliphatic carbocycles. The number of rotatable bonds is 8. The molecule has 0 heterocycles. The Bertz CT molecular complexity index is 681. The van der Waals surface area contributed by atoms with Gasteiger partial charge in [-0.3, -0.25) is 9.59 Å². The Kier molecular flexibility index (Phi) is 7.20. The molecule has 25 heavy (non-hydrogen) atoms. The Hall–Kier alpha value is -2.62. The third kappa shape index (κ3) is 6.42. The molecule has 0 spiro atoms. The Morgan fingerprint density at radius 3 is 2.16 bits per heavy atom. The van der Waals surface area contributed by atoms with Gasteiger partial charge in [-0.05, 0) is 36.0 Å². The Morgan fingerprint density at radius 2 is 1.52 bits per heavy atom. The van der Waals surface area contributed by atoms with Gasteiger partial charge in [0.05, 0.1) is 6.54 Å². The van der Waals surface area contributed by atoms with Crippen LogP contribution in [0.4, 0.5) is 0 Å². The molecule has 2 amide bonds. The van der Waals surface area contributed by atoms with Gasteiger partial charge in [-0.2, -0.15) is 0 Å². The van der Waals surface area contributed by atoms with E-state index in [1.165, 1.54) is 16.7 Å². The first kappa shape index (κ1) is 18.7. The number of hydrogen-bond donors (Lipinski definition) is 2. The van der Waals surface area contributed by atoms with Gasteiger partial charge in [0.25, 0.3) is 0 Å². The number of amides is 2. The van der Waals surface area contributed by atoms with Crippen LogP contribution in [0.2, 0.25) is 0 Å².